The summed E-state index contributed by atoms with van der Waals surface area (Å²) in [6.07, 6.45) is 2.01. The van der Waals surface area contributed by atoms with Crippen molar-refractivity contribution in [3.05, 3.63) is 95.6 Å². The molecule has 3 aromatic carbocycles. The zero-order chi connectivity index (χ0) is 24.2. The minimum atomic E-state index is -0.857. The van der Waals surface area contributed by atoms with Crippen molar-refractivity contribution in [1.82, 2.24) is 10.7 Å². The van der Waals surface area contributed by atoms with Crippen LogP contribution >= 0.6 is 0 Å². The molecule has 0 aliphatic heterocycles. The Bertz CT molecular complexity index is 1140. The second kappa shape index (κ2) is 12.5. The first-order valence-electron chi connectivity index (χ1n) is 10.7. The summed E-state index contributed by atoms with van der Waals surface area (Å²) in [5.41, 5.74) is 5.68. The Morgan fingerprint density at radius 3 is 2.44 bits per heavy atom. The number of hydrazone groups is 1. The Balaban J connectivity index is 1.40. The van der Waals surface area contributed by atoms with E-state index in [-0.39, 0.29) is 12.5 Å². The number of anilines is 1. The molecule has 0 aliphatic rings. The van der Waals surface area contributed by atoms with Gasteiger partial charge in [0.15, 0.2) is 6.61 Å². The van der Waals surface area contributed by atoms with Crippen LogP contribution in [-0.4, -0.2) is 37.1 Å². The number of carbonyl (C=O) groups excluding carboxylic acids is 3. The van der Waals surface area contributed by atoms with Crippen molar-refractivity contribution >= 4 is 29.6 Å². The quantitative estimate of drug-likeness (QED) is 0.260. The van der Waals surface area contributed by atoms with E-state index in [0.29, 0.717) is 30.0 Å². The Hall–Kier alpha value is -4.46. The molecule has 3 N–H and O–H groups in total. The van der Waals surface area contributed by atoms with Gasteiger partial charge in [-0.2, -0.15) is 5.10 Å². The van der Waals surface area contributed by atoms with Gasteiger partial charge in [0.05, 0.1) is 6.21 Å². The average Bonchev–Trinajstić information content (AvgIpc) is 2.85. The van der Waals surface area contributed by atoms with Gasteiger partial charge in [0.1, 0.15) is 5.75 Å². The lowest BCUT2D eigenvalue weighted by molar-refractivity contribution is -0.139. The van der Waals surface area contributed by atoms with Crippen LogP contribution in [0.4, 0.5) is 5.69 Å². The van der Waals surface area contributed by atoms with E-state index in [1.807, 2.05) is 61.5 Å². The van der Waals surface area contributed by atoms with Crippen molar-refractivity contribution in [1.29, 1.82) is 0 Å². The first-order chi connectivity index (χ1) is 16.5. The maximum absolute atomic E-state index is 12.1. The number of hydrogen-bond acceptors (Lipinski definition) is 5. The number of hydrogen-bond donors (Lipinski definition) is 3. The van der Waals surface area contributed by atoms with E-state index < -0.39 is 11.8 Å². The van der Waals surface area contributed by atoms with Gasteiger partial charge < -0.3 is 15.4 Å². The minimum Gasteiger partial charge on any atom is -0.484 e. The highest BCUT2D eigenvalue weighted by Crippen LogP contribution is 2.13. The fourth-order valence-electron chi connectivity index (χ4n) is 2.93. The van der Waals surface area contributed by atoms with E-state index in [0.717, 1.165) is 11.1 Å². The van der Waals surface area contributed by atoms with Crippen LogP contribution in [-0.2, 0) is 20.8 Å². The Kier molecular flexibility index (Phi) is 8.92. The first kappa shape index (κ1) is 24.2. The van der Waals surface area contributed by atoms with E-state index >= 15 is 0 Å². The molecule has 3 amide bonds. The highest BCUT2D eigenvalue weighted by atomic mass is 16.5. The average molecular weight is 459 g/mol. The number of benzene rings is 3. The molecule has 174 valence electrons. The topological polar surface area (TPSA) is 109 Å². The number of rotatable bonds is 9. The molecule has 0 bridgehead atoms. The zero-order valence-corrected chi connectivity index (χ0v) is 18.8. The summed E-state index contributed by atoms with van der Waals surface area (Å²) < 4.78 is 5.53. The van der Waals surface area contributed by atoms with Gasteiger partial charge in [-0.1, -0.05) is 60.2 Å². The molecule has 8 heteroatoms. The van der Waals surface area contributed by atoms with Crippen LogP contribution in [0.1, 0.15) is 16.7 Å². The summed E-state index contributed by atoms with van der Waals surface area (Å²) in [6.45, 7) is 2.16. The van der Waals surface area contributed by atoms with Crippen LogP contribution in [0.3, 0.4) is 0 Å². The van der Waals surface area contributed by atoms with E-state index in [2.05, 4.69) is 21.2 Å². The predicted octanol–water partition coefficient (Wildman–Crippen LogP) is 2.82. The number of aryl methyl sites for hydroxylation is 1. The molecule has 0 saturated carbocycles. The Morgan fingerprint density at radius 2 is 1.68 bits per heavy atom. The van der Waals surface area contributed by atoms with Crippen LogP contribution in [0, 0.1) is 6.92 Å². The minimum absolute atomic E-state index is 0.158. The van der Waals surface area contributed by atoms with Crippen LogP contribution < -0.4 is 20.8 Å². The third kappa shape index (κ3) is 8.23. The lowest BCUT2D eigenvalue weighted by atomic mass is 10.1. The summed E-state index contributed by atoms with van der Waals surface area (Å²) in [5, 5.41) is 9.12. The van der Waals surface area contributed by atoms with Gasteiger partial charge in [0.2, 0.25) is 0 Å². The largest absolute Gasteiger partial charge is 0.484 e. The fourth-order valence-corrected chi connectivity index (χ4v) is 2.93. The van der Waals surface area contributed by atoms with Crippen LogP contribution in [0.25, 0.3) is 0 Å². The fraction of sp³-hybridized carbons (Fsp3) is 0.154. The van der Waals surface area contributed by atoms with Gasteiger partial charge in [-0.3, -0.25) is 14.4 Å². The third-order valence-electron chi connectivity index (χ3n) is 4.69. The van der Waals surface area contributed by atoms with Crippen molar-refractivity contribution < 1.29 is 19.1 Å². The molecule has 0 spiro atoms. The smallest absolute Gasteiger partial charge is 0.329 e. The van der Waals surface area contributed by atoms with E-state index in [9.17, 15) is 14.4 Å². The van der Waals surface area contributed by atoms with Crippen molar-refractivity contribution in [2.75, 3.05) is 18.5 Å². The standard InChI is InChI=1S/C26H26N4O4/c1-19-10-12-22(13-11-19)29-24(31)18-34-23-9-5-8-21(16-23)17-28-30-26(33)25(32)27-15-14-20-6-3-2-4-7-20/h2-13,16-17H,14-15,18H2,1H3,(H,27,32)(H,29,31)(H,30,33)/b28-17-. The van der Waals surface area contributed by atoms with Crippen LogP contribution in [0.5, 0.6) is 5.75 Å². The van der Waals surface area contributed by atoms with Crippen molar-refractivity contribution in [3.63, 3.8) is 0 Å². The van der Waals surface area contributed by atoms with E-state index in [4.69, 9.17) is 4.74 Å². The number of amides is 3. The molecule has 0 unspecified atom stereocenters. The predicted molar refractivity (Wildman–Crippen MR) is 131 cm³/mol. The molecule has 34 heavy (non-hydrogen) atoms. The van der Waals surface area contributed by atoms with E-state index in [1.165, 1.54) is 6.21 Å². The molecule has 0 saturated heterocycles. The summed E-state index contributed by atoms with van der Waals surface area (Å²) in [7, 11) is 0. The molecule has 0 heterocycles. The SMILES string of the molecule is Cc1ccc(NC(=O)COc2cccc(/C=N\NC(=O)C(=O)NCCc3ccccc3)c2)cc1. The van der Waals surface area contributed by atoms with Gasteiger partial charge in [0.25, 0.3) is 5.91 Å². The Morgan fingerprint density at radius 1 is 0.912 bits per heavy atom. The van der Waals surface area contributed by atoms with E-state index in [1.54, 1.807) is 24.3 Å². The van der Waals surface area contributed by atoms with Crippen molar-refractivity contribution in [3.8, 4) is 5.75 Å². The molecule has 3 aromatic rings. The molecular weight excluding hydrogens is 432 g/mol. The second-order valence-electron chi connectivity index (χ2n) is 7.47. The van der Waals surface area contributed by atoms with Gasteiger partial charge in [-0.15, -0.1) is 0 Å². The molecule has 0 atom stereocenters. The number of nitrogens with zero attached hydrogens (tertiary/aromatic N) is 1. The monoisotopic (exact) mass is 458 g/mol. The zero-order valence-electron chi connectivity index (χ0n) is 18.8. The van der Waals surface area contributed by atoms with Gasteiger partial charge in [0, 0.05) is 12.2 Å². The number of ether oxygens (including phenoxy) is 1. The third-order valence-corrected chi connectivity index (χ3v) is 4.69. The second-order valence-corrected chi connectivity index (χ2v) is 7.47. The van der Waals surface area contributed by atoms with Gasteiger partial charge >= 0.3 is 11.8 Å². The summed E-state index contributed by atoms with van der Waals surface area (Å²) in [5.74, 6) is -1.43. The molecular formula is C26H26N4O4. The lowest BCUT2D eigenvalue weighted by Crippen LogP contribution is -2.38. The molecule has 0 aromatic heterocycles. The highest BCUT2D eigenvalue weighted by Gasteiger charge is 2.11. The molecule has 0 fully saturated rings. The molecule has 0 radical (unpaired) electrons. The van der Waals surface area contributed by atoms with Crippen molar-refractivity contribution in [2.45, 2.75) is 13.3 Å². The Labute approximate surface area is 198 Å². The van der Waals surface area contributed by atoms with Crippen LogP contribution in [0.2, 0.25) is 0 Å². The van der Waals surface area contributed by atoms with Gasteiger partial charge in [-0.25, -0.2) is 5.43 Å². The maximum atomic E-state index is 12.1. The number of carbonyl (C=O) groups is 3. The maximum Gasteiger partial charge on any atom is 0.329 e. The normalized spacial score (nSPS) is 10.5. The molecule has 3 rings (SSSR count). The molecule has 0 aliphatic carbocycles. The van der Waals surface area contributed by atoms with Crippen LogP contribution in [0.15, 0.2) is 84.0 Å². The highest BCUT2D eigenvalue weighted by molar-refractivity contribution is 6.35. The van der Waals surface area contributed by atoms with Crippen molar-refractivity contribution in [2.24, 2.45) is 5.10 Å². The lowest BCUT2D eigenvalue weighted by Gasteiger charge is -2.08. The summed E-state index contributed by atoms with van der Waals surface area (Å²) in [6, 6.07) is 23.9. The number of nitrogens with one attached hydrogen (secondary N) is 3. The summed E-state index contributed by atoms with van der Waals surface area (Å²) >= 11 is 0. The summed E-state index contributed by atoms with van der Waals surface area (Å²) in [4.78, 5) is 35.8. The molecule has 8 nitrogen and oxygen atoms in total. The van der Waals surface area contributed by atoms with Gasteiger partial charge in [-0.05, 0) is 48.7 Å². The first-order valence-corrected chi connectivity index (χ1v) is 10.7.